The Balaban J connectivity index is 1.66. The highest BCUT2D eigenvalue weighted by Gasteiger charge is 2.58. The summed E-state index contributed by atoms with van der Waals surface area (Å²) in [4.78, 5) is 34.0. The van der Waals surface area contributed by atoms with Crippen LogP contribution in [-0.2, 0) is 16.1 Å². The van der Waals surface area contributed by atoms with Crippen molar-refractivity contribution in [1.82, 2.24) is 15.2 Å². The number of aliphatic hydroxyl groups is 2. The van der Waals surface area contributed by atoms with Crippen molar-refractivity contribution in [3.05, 3.63) is 99.1 Å². The Morgan fingerprint density at radius 2 is 1.93 bits per heavy atom. The molecule has 2 heterocycles. The SMILES string of the molecule is Cc1ccc(S[C@@]2(C(=O)NCC(O)CO)CC(=O)N(Cc3ccc(Br)cc3)[C@H]2c2c[nH]c3cc(Cl)ccc23)cc1. The number of hydrogen-bond donors (Lipinski definition) is 4. The van der Waals surface area contributed by atoms with Crippen LogP contribution in [0.1, 0.15) is 29.2 Å². The first kappa shape index (κ1) is 28.7. The highest BCUT2D eigenvalue weighted by molar-refractivity contribution is 9.10. The fraction of sp³-hybridized carbons (Fsp3) is 0.267. The number of likely N-dealkylation sites (tertiary alicyclic amines) is 1. The number of rotatable bonds is 9. The molecule has 0 aliphatic carbocycles. The Morgan fingerprint density at radius 1 is 1.20 bits per heavy atom. The predicted octanol–water partition coefficient (Wildman–Crippen LogP) is 5.37. The molecular formula is C30H29BrClN3O4S. The zero-order valence-corrected chi connectivity index (χ0v) is 24.9. The Hall–Kier alpha value is -2.82. The first-order valence-corrected chi connectivity index (χ1v) is 14.8. The zero-order chi connectivity index (χ0) is 28.4. The number of benzene rings is 3. The second-order valence-corrected chi connectivity index (χ2v) is 12.8. The zero-order valence-electron chi connectivity index (χ0n) is 21.7. The number of thioether (sulfide) groups is 1. The van der Waals surface area contributed by atoms with Gasteiger partial charge in [0.05, 0.1) is 25.2 Å². The lowest BCUT2D eigenvalue weighted by atomic mass is 9.91. The van der Waals surface area contributed by atoms with Gasteiger partial charge in [-0.15, -0.1) is 11.8 Å². The first-order valence-electron chi connectivity index (χ1n) is 12.8. The van der Waals surface area contributed by atoms with E-state index in [0.29, 0.717) is 11.6 Å². The molecule has 1 aliphatic heterocycles. The van der Waals surface area contributed by atoms with E-state index in [-0.39, 0.29) is 24.8 Å². The largest absolute Gasteiger partial charge is 0.394 e. The third-order valence-electron chi connectivity index (χ3n) is 7.14. The molecule has 10 heteroatoms. The maximum Gasteiger partial charge on any atom is 0.239 e. The lowest BCUT2D eigenvalue weighted by Gasteiger charge is -2.36. The van der Waals surface area contributed by atoms with Gasteiger partial charge in [0.15, 0.2) is 0 Å². The van der Waals surface area contributed by atoms with Crippen LogP contribution in [0.25, 0.3) is 10.9 Å². The van der Waals surface area contributed by atoms with Crippen LogP contribution in [0.2, 0.25) is 5.02 Å². The smallest absolute Gasteiger partial charge is 0.239 e. The van der Waals surface area contributed by atoms with Gasteiger partial charge in [0.1, 0.15) is 4.75 Å². The number of amides is 2. The van der Waals surface area contributed by atoms with Crippen LogP contribution in [0.4, 0.5) is 0 Å². The van der Waals surface area contributed by atoms with E-state index in [1.54, 1.807) is 11.0 Å². The monoisotopic (exact) mass is 641 g/mol. The quantitative estimate of drug-likeness (QED) is 0.197. The molecule has 0 bridgehead atoms. The normalized spacial score (nSPS) is 19.8. The van der Waals surface area contributed by atoms with Crippen LogP contribution in [0.3, 0.4) is 0 Å². The van der Waals surface area contributed by atoms with E-state index in [1.807, 2.05) is 73.8 Å². The molecule has 40 heavy (non-hydrogen) atoms. The molecule has 208 valence electrons. The minimum atomic E-state index is -1.27. The molecule has 1 saturated heterocycles. The van der Waals surface area contributed by atoms with Crippen molar-refractivity contribution in [2.75, 3.05) is 13.2 Å². The van der Waals surface area contributed by atoms with Crippen molar-refractivity contribution < 1.29 is 19.8 Å². The number of fused-ring (bicyclic) bond motifs is 1. The lowest BCUT2D eigenvalue weighted by molar-refractivity contribution is -0.129. The lowest BCUT2D eigenvalue weighted by Crippen LogP contribution is -2.50. The van der Waals surface area contributed by atoms with Gasteiger partial charge in [0.2, 0.25) is 11.8 Å². The minimum absolute atomic E-state index is 0.0476. The van der Waals surface area contributed by atoms with Crippen molar-refractivity contribution in [2.45, 2.75) is 41.7 Å². The van der Waals surface area contributed by atoms with E-state index >= 15 is 0 Å². The molecule has 2 amide bonds. The Bertz CT molecular complexity index is 1530. The van der Waals surface area contributed by atoms with E-state index in [1.165, 1.54) is 11.8 Å². The molecule has 4 N–H and O–H groups in total. The first-order chi connectivity index (χ1) is 19.2. The minimum Gasteiger partial charge on any atom is -0.394 e. The number of nitrogens with one attached hydrogen (secondary N) is 2. The summed E-state index contributed by atoms with van der Waals surface area (Å²) in [6.45, 7) is 1.67. The van der Waals surface area contributed by atoms with E-state index in [4.69, 9.17) is 11.6 Å². The summed E-state index contributed by atoms with van der Waals surface area (Å²) in [7, 11) is 0. The van der Waals surface area contributed by atoms with Crippen LogP contribution in [0, 0.1) is 6.92 Å². The molecule has 1 fully saturated rings. The average Bonchev–Trinajstić information content (AvgIpc) is 3.47. The van der Waals surface area contributed by atoms with Crippen molar-refractivity contribution in [2.24, 2.45) is 0 Å². The number of hydrogen-bond acceptors (Lipinski definition) is 5. The highest BCUT2D eigenvalue weighted by Crippen LogP contribution is 2.54. The number of nitrogens with zero attached hydrogens (tertiary/aromatic N) is 1. The summed E-state index contributed by atoms with van der Waals surface area (Å²) in [5.41, 5.74) is 3.61. The molecule has 4 aromatic rings. The molecule has 5 rings (SSSR count). The number of aryl methyl sites for hydroxylation is 1. The van der Waals surface area contributed by atoms with Crippen LogP contribution in [-0.4, -0.2) is 55.9 Å². The molecule has 3 atom stereocenters. The van der Waals surface area contributed by atoms with Crippen LogP contribution in [0.5, 0.6) is 0 Å². The summed E-state index contributed by atoms with van der Waals surface area (Å²) < 4.78 is -0.341. The van der Waals surface area contributed by atoms with Gasteiger partial charge in [-0.1, -0.05) is 63.4 Å². The molecule has 7 nitrogen and oxygen atoms in total. The standard InChI is InChI=1S/C30H29BrClN3O4S/c1-18-2-9-23(10-3-18)40-30(29(39)34-14-22(37)17-36)13-27(38)35(16-19-4-6-20(31)7-5-19)28(30)25-15-33-26-12-21(32)8-11-24(25)26/h2-12,15,22,28,33,36-37H,13-14,16-17H2,1H3,(H,34,39)/t22?,28-,30-/m0/s1. The van der Waals surface area contributed by atoms with Gasteiger partial charge >= 0.3 is 0 Å². The van der Waals surface area contributed by atoms with E-state index in [0.717, 1.165) is 37.0 Å². The van der Waals surface area contributed by atoms with Gasteiger partial charge in [-0.3, -0.25) is 9.59 Å². The topological polar surface area (TPSA) is 106 Å². The number of aromatic amines is 1. The number of aliphatic hydroxyl groups excluding tert-OH is 2. The fourth-order valence-corrected chi connectivity index (χ4v) is 6.99. The van der Waals surface area contributed by atoms with Gasteiger partial charge in [0.25, 0.3) is 0 Å². The molecule has 1 unspecified atom stereocenters. The van der Waals surface area contributed by atoms with Gasteiger partial charge in [-0.2, -0.15) is 0 Å². The summed E-state index contributed by atoms with van der Waals surface area (Å²) in [6.07, 6.45) is 0.683. The summed E-state index contributed by atoms with van der Waals surface area (Å²) in [5.74, 6) is -0.542. The molecule has 3 aromatic carbocycles. The Labute approximate surface area is 250 Å². The number of aromatic nitrogens is 1. The molecule has 1 aromatic heterocycles. The fourth-order valence-electron chi connectivity index (χ4n) is 5.13. The van der Waals surface area contributed by atoms with Crippen LogP contribution in [0.15, 0.2) is 82.3 Å². The maximum atomic E-state index is 14.2. The van der Waals surface area contributed by atoms with Crippen LogP contribution < -0.4 is 5.32 Å². The highest BCUT2D eigenvalue weighted by atomic mass is 79.9. The number of halogens is 2. The second kappa shape index (κ2) is 12.0. The molecule has 1 aliphatic rings. The van der Waals surface area contributed by atoms with Crippen molar-refractivity contribution in [3.8, 4) is 0 Å². The number of carbonyl (C=O) groups excluding carboxylic acids is 2. The summed E-state index contributed by atoms with van der Waals surface area (Å²) >= 11 is 11.1. The molecule has 0 radical (unpaired) electrons. The third kappa shape index (κ3) is 5.80. The average molecular weight is 643 g/mol. The van der Waals surface area contributed by atoms with Gasteiger partial charge in [-0.25, -0.2) is 0 Å². The van der Waals surface area contributed by atoms with Gasteiger partial charge < -0.3 is 25.4 Å². The van der Waals surface area contributed by atoms with Crippen molar-refractivity contribution in [1.29, 1.82) is 0 Å². The number of H-pyrrole nitrogens is 1. The van der Waals surface area contributed by atoms with Gasteiger partial charge in [-0.05, 0) is 48.9 Å². The van der Waals surface area contributed by atoms with E-state index in [9.17, 15) is 19.8 Å². The van der Waals surface area contributed by atoms with Crippen molar-refractivity contribution >= 4 is 62.0 Å². The maximum absolute atomic E-state index is 14.2. The van der Waals surface area contributed by atoms with E-state index in [2.05, 4.69) is 26.2 Å². The Kier molecular flexibility index (Phi) is 8.58. The second-order valence-electron chi connectivity index (χ2n) is 10.0. The van der Waals surface area contributed by atoms with E-state index < -0.39 is 23.5 Å². The predicted molar refractivity (Wildman–Crippen MR) is 161 cm³/mol. The van der Waals surface area contributed by atoms with Crippen LogP contribution >= 0.6 is 39.3 Å². The third-order valence-corrected chi connectivity index (χ3v) is 9.33. The molecule has 0 spiro atoms. The number of carbonyl (C=O) groups is 2. The van der Waals surface area contributed by atoms with Crippen molar-refractivity contribution in [3.63, 3.8) is 0 Å². The Morgan fingerprint density at radius 3 is 2.62 bits per heavy atom. The van der Waals surface area contributed by atoms with Gasteiger partial charge in [0, 0.05) is 50.1 Å². The summed E-state index contributed by atoms with van der Waals surface area (Å²) in [6, 6.07) is 20.5. The molecular weight excluding hydrogens is 614 g/mol. The molecule has 0 saturated carbocycles. The summed E-state index contributed by atoms with van der Waals surface area (Å²) in [5, 5.41) is 23.6.